The SMILES string of the molecule is O=c1c2sccc2ncn1CC1(CS)CCCCCC1. The Hall–Kier alpha value is -0.810. The maximum atomic E-state index is 12.5. The fraction of sp³-hybridized carbons (Fsp3) is 0.600. The third kappa shape index (κ3) is 2.66. The second-order valence-corrected chi connectivity index (χ2v) is 7.12. The molecule has 0 spiro atoms. The van der Waals surface area contributed by atoms with Crippen LogP contribution in [0.2, 0.25) is 0 Å². The summed E-state index contributed by atoms with van der Waals surface area (Å²) < 4.78 is 2.58. The van der Waals surface area contributed by atoms with Gasteiger partial charge < -0.3 is 0 Å². The van der Waals surface area contributed by atoms with Crippen molar-refractivity contribution in [2.75, 3.05) is 5.75 Å². The molecule has 3 rings (SSSR count). The molecule has 0 aromatic carbocycles. The molecular weight excluding hydrogens is 288 g/mol. The standard InChI is InChI=1S/C15H20N2OS2/c18-14-13-12(5-8-20-13)16-11-17(14)9-15(10-19)6-3-1-2-4-7-15/h5,8,11,19H,1-4,6-7,9-10H2. The molecule has 1 saturated carbocycles. The van der Waals surface area contributed by atoms with Crippen molar-refractivity contribution in [3.8, 4) is 0 Å². The van der Waals surface area contributed by atoms with Crippen LogP contribution in [0.5, 0.6) is 0 Å². The van der Waals surface area contributed by atoms with E-state index in [9.17, 15) is 4.79 Å². The van der Waals surface area contributed by atoms with E-state index in [0.717, 1.165) is 22.5 Å². The summed E-state index contributed by atoms with van der Waals surface area (Å²) in [5, 5.41) is 1.93. The van der Waals surface area contributed by atoms with E-state index in [-0.39, 0.29) is 11.0 Å². The fourth-order valence-electron chi connectivity index (χ4n) is 3.20. The van der Waals surface area contributed by atoms with Crippen molar-refractivity contribution < 1.29 is 0 Å². The number of thiol groups is 1. The summed E-state index contributed by atoms with van der Waals surface area (Å²) in [5.41, 5.74) is 1.09. The lowest BCUT2D eigenvalue weighted by Gasteiger charge is -2.31. The highest BCUT2D eigenvalue weighted by molar-refractivity contribution is 7.80. The molecule has 0 amide bonds. The molecule has 0 radical (unpaired) electrons. The molecule has 3 nitrogen and oxygen atoms in total. The first kappa shape index (κ1) is 14.1. The van der Waals surface area contributed by atoms with E-state index in [0.29, 0.717) is 0 Å². The average Bonchev–Trinajstić information content (AvgIpc) is 2.83. The van der Waals surface area contributed by atoms with E-state index in [4.69, 9.17) is 0 Å². The van der Waals surface area contributed by atoms with Gasteiger partial charge in [-0.25, -0.2) is 4.98 Å². The molecule has 0 unspecified atom stereocenters. The van der Waals surface area contributed by atoms with Gasteiger partial charge in [0.05, 0.1) is 11.8 Å². The molecule has 108 valence electrons. The summed E-state index contributed by atoms with van der Waals surface area (Å²) in [4.78, 5) is 16.9. The summed E-state index contributed by atoms with van der Waals surface area (Å²) in [5.74, 6) is 0.849. The molecule has 0 aliphatic heterocycles. The molecule has 5 heteroatoms. The summed E-state index contributed by atoms with van der Waals surface area (Å²) in [6, 6.07) is 1.91. The molecule has 0 atom stereocenters. The lowest BCUT2D eigenvalue weighted by Crippen LogP contribution is -2.33. The van der Waals surface area contributed by atoms with Crippen LogP contribution in [0.1, 0.15) is 38.5 Å². The molecule has 2 heterocycles. The summed E-state index contributed by atoms with van der Waals surface area (Å²) in [6.07, 6.45) is 9.19. The first-order valence-corrected chi connectivity index (χ1v) is 8.79. The Morgan fingerprint density at radius 1 is 1.30 bits per heavy atom. The van der Waals surface area contributed by atoms with Crippen LogP contribution >= 0.6 is 24.0 Å². The molecule has 1 aliphatic carbocycles. The zero-order chi connectivity index (χ0) is 14.0. The largest absolute Gasteiger partial charge is 0.297 e. The van der Waals surface area contributed by atoms with Crippen molar-refractivity contribution in [2.24, 2.45) is 5.41 Å². The zero-order valence-electron chi connectivity index (χ0n) is 11.5. The third-order valence-electron chi connectivity index (χ3n) is 4.44. The second kappa shape index (κ2) is 5.90. The van der Waals surface area contributed by atoms with Crippen LogP contribution in [-0.2, 0) is 6.54 Å². The number of thiophene rings is 1. The van der Waals surface area contributed by atoms with E-state index in [1.807, 2.05) is 11.4 Å². The molecule has 1 fully saturated rings. The van der Waals surface area contributed by atoms with Gasteiger partial charge in [0, 0.05) is 6.54 Å². The topological polar surface area (TPSA) is 34.9 Å². The van der Waals surface area contributed by atoms with E-state index in [1.54, 1.807) is 10.9 Å². The predicted molar refractivity (Wildman–Crippen MR) is 87.9 cm³/mol. The van der Waals surface area contributed by atoms with Gasteiger partial charge >= 0.3 is 0 Å². The Morgan fingerprint density at radius 3 is 2.75 bits per heavy atom. The van der Waals surface area contributed by atoms with Gasteiger partial charge in [-0.2, -0.15) is 12.6 Å². The van der Waals surface area contributed by atoms with Crippen molar-refractivity contribution >= 4 is 34.2 Å². The number of aromatic nitrogens is 2. The molecule has 0 N–H and O–H groups in total. The first-order chi connectivity index (χ1) is 9.74. The van der Waals surface area contributed by atoms with E-state index >= 15 is 0 Å². The van der Waals surface area contributed by atoms with Gasteiger partial charge in [0.15, 0.2) is 0 Å². The Bertz CT molecular complexity index is 639. The van der Waals surface area contributed by atoms with Gasteiger partial charge in [-0.1, -0.05) is 25.7 Å². The number of nitrogens with zero attached hydrogens (tertiary/aromatic N) is 2. The van der Waals surface area contributed by atoms with Crippen LogP contribution in [0.25, 0.3) is 10.2 Å². The highest BCUT2D eigenvalue weighted by Gasteiger charge is 2.30. The van der Waals surface area contributed by atoms with E-state index in [2.05, 4.69) is 17.6 Å². The highest BCUT2D eigenvalue weighted by Crippen LogP contribution is 2.37. The van der Waals surface area contributed by atoms with Crippen molar-refractivity contribution in [3.63, 3.8) is 0 Å². The van der Waals surface area contributed by atoms with Gasteiger partial charge in [-0.15, -0.1) is 11.3 Å². The molecule has 20 heavy (non-hydrogen) atoms. The maximum Gasteiger partial charge on any atom is 0.271 e. The van der Waals surface area contributed by atoms with Crippen LogP contribution in [0.15, 0.2) is 22.6 Å². The summed E-state index contributed by atoms with van der Waals surface area (Å²) >= 11 is 6.08. The minimum absolute atomic E-state index is 0.107. The van der Waals surface area contributed by atoms with E-state index < -0.39 is 0 Å². The molecule has 0 bridgehead atoms. The van der Waals surface area contributed by atoms with Gasteiger partial charge in [0.1, 0.15) is 4.70 Å². The molecule has 2 aromatic heterocycles. The lowest BCUT2D eigenvalue weighted by atomic mass is 9.82. The molecule has 1 aliphatic rings. The Morgan fingerprint density at radius 2 is 2.05 bits per heavy atom. The van der Waals surface area contributed by atoms with Gasteiger partial charge in [-0.3, -0.25) is 9.36 Å². The van der Waals surface area contributed by atoms with Crippen LogP contribution in [0.4, 0.5) is 0 Å². The molecular formula is C15H20N2OS2. The summed E-state index contributed by atoms with van der Waals surface area (Å²) in [7, 11) is 0. The third-order valence-corrected chi connectivity index (χ3v) is 6.00. The number of hydrogen-bond acceptors (Lipinski definition) is 4. The zero-order valence-corrected chi connectivity index (χ0v) is 13.3. The molecule has 0 saturated heterocycles. The lowest BCUT2D eigenvalue weighted by molar-refractivity contribution is 0.237. The monoisotopic (exact) mass is 308 g/mol. The fourth-order valence-corrected chi connectivity index (χ4v) is 4.41. The molecule has 2 aromatic rings. The first-order valence-electron chi connectivity index (χ1n) is 7.28. The van der Waals surface area contributed by atoms with Crippen molar-refractivity contribution in [1.82, 2.24) is 9.55 Å². The minimum Gasteiger partial charge on any atom is -0.297 e. The highest BCUT2D eigenvalue weighted by atomic mass is 32.1. The van der Waals surface area contributed by atoms with Crippen LogP contribution < -0.4 is 5.56 Å². The second-order valence-electron chi connectivity index (χ2n) is 5.88. The maximum absolute atomic E-state index is 12.5. The van der Waals surface area contributed by atoms with Gasteiger partial charge in [0.25, 0.3) is 5.56 Å². The predicted octanol–water partition coefficient (Wildman–Crippen LogP) is 3.73. The number of hydrogen-bond donors (Lipinski definition) is 1. The number of rotatable bonds is 3. The Kier molecular flexibility index (Phi) is 4.17. The quantitative estimate of drug-likeness (QED) is 0.692. The summed E-state index contributed by atoms with van der Waals surface area (Å²) in [6.45, 7) is 0.760. The van der Waals surface area contributed by atoms with Crippen molar-refractivity contribution in [3.05, 3.63) is 28.1 Å². The van der Waals surface area contributed by atoms with E-state index in [1.165, 1.54) is 49.9 Å². The van der Waals surface area contributed by atoms with Crippen molar-refractivity contribution in [1.29, 1.82) is 0 Å². The van der Waals surface area contributed by atoms with Crippen molar-refractivity contribution in [2.45, 2.75) is 45.1 Å². The minimum atomic E-state index is 0.107. The van der Waals surface area contributed by atoms with Crippen LogP contribution in [0, 0.1) is 5.41 Å². The Balaban J connectivity index is 1.94. The smallest absolute Gasteiger partial charge is 0.271 e. The van der Waals surface area contributed by atoms with Crippen LogP contribution in [0.3, 0.4) is 0 Å². The van der Waals surface area contributed by atoms with Gasteiger partial charge in [0.2, 0.25) is 0 Å². The van der Waals surface area contributed by atoms with Gasteiger partial charge in [-0.05, 0) is 35.5 Å². The number of fused-ring (bicyclic) bond motifs is 1. The normalized spacial score (nSPS) is 19.1. The van der Waals surface area contributed by atoms with Crippen LogP contribution in [-0.4, -0.2) is 15.3 Å². The Labute approximate surface area is 128 Å². The average molecular weight is 308 g/mol.